The van der Waals surface area contributed by atoms with Crippen molar-refractivity contribution in [1.29, 1.82) is 0 Å². The molecule has 1 saturated heterocycles. The number of aromatic nitrogens is 1. The smallest absolute Gasteiger partial charge is 0.256 e. The van der Waals surface area contributed by atoms with E-state index in [2.05, 4.69) is 15.8 Å². The molecule has 2 aromatic rings. The lowest BCUT2D eigenvalue weighted by atomic mass is 9.93. The Kier molecular flexibility index (Phi) is 5.26. The van der Waals surface area contributed by atoms with Gasteiger partial charge in [0, 0.05) is 30.1 Å². The Morgan fingerprint density at radius 1 is 1.29 bits per heavy atom. The molecule has 1 aliphatic heterocycles. The lowest BCUT2D eigenvalue weighted by Crippen LogP contribution is -2.49. The quantitative estimate of drug-likeness (QED) is 0.790. The lowest BCUT2D eigenvalue weighted by molar-refractivity contribution is -0.122. The second-order valence-electron chi connectivity index (χ2n) is 7.50. The van der Waals surface area contributed by atoms with Crippen LogP contribution in [-0.2, 0) is 20.2 Å². The maximum absolute atomic E-state index is 12.8. The molecular formula is C18H22N4O5S. The van der Waals surface area contributed by atoms with Crippen molar-refractivity contribution < 1.29 is 22.5 Å². The van der Waals surface area contributed by atoms with Crippen LogP contribution >= 0.6 is 0 Å². The lowest BCUT2D eigenvalue weighted by Gasteiger charge is -2.26. The summed E-state index contributed by atoms with van der Waals surface area (Å²) in [6.07, 6.45) is 0. The number of nitrogens with one attached hydrogen (secondary N) is 2. The molecule has 1 aromatic heterocycles. The van der Waals surface area contributed by atoms with Crippen molar-refractivity contribution in [2.75, 3.05) is 25.0 Å². The third-order valence-electron chi connectivity index (χ3n) is 4.23. The van der Waals surface area contributed by atoms with Crippen LogP contribution in [-0.4, -0.2) is 49.3 Å². The number of hydrogen-bond acceptors (Lipinski definition) is 6. The number of piperazine rings is 1. The summed E-state index contributed by atoms with van der Waals surface area (Å²) in [6, 6.07) is 7.29. The highest BCUT2D eigenvalue weighted by molar-refractivity contribution is 7.89. The van der Waals surface area contributed by atoms with Crippen LogP contribution in [0.3, 0.4) is 0 Å². The second kappa shape index (κ2) is 7.36. The zero-order valence-corrected chi connectivity index (χ0v) is 16.7. The molecule has 0 radical (unpaired) electrons. The van der Waals surface area contributed by atoms with Crippen molar-refractivity contribution in [2.24, 2.45) is 0 Å². The summed E-state index contributed by atoms with van der Waals surface area (Å²) in [7, 11) is -3.88. The van der Waals surface area contributed by atoms with Gasteiger partial charge in [0.2, 0.25) is 15.9 Å². The first-order valence-corrected chi connectivity index (χ1v) is 10.2. The van der Waals surface area contributed by atoms with Gasteiger partial charge in [0.25, 0.3) is 5.91 Å². The van der Waals surface area contributed by atoms with Gasteiger partial charge in [0.05, 0.1) is 11.4 Å². The molecule has 2 amide bonds. The zero-order chi connectivity index (χ0) is 20.5. The Bertz CT molecular complexity index is 1010. The van der Waals surface area contributed by atoms with E-state index in [9.17, 15) is 18.0 Å². The third-order valence-corrected chi connectivity index (χ3v) is 6.07. The van der Waals surface area contributed by atoms with Gasteiger partial charge in [-0.25, -0.2) is 8.42 Å². The molecule has 1 aliphatic rings. The first kappa shape index (κ1) is 20.0. The molecule has 2 N–H and O–H groups in total. The van der Waals surface area contributed by atoms with Gasteiger partial charge in [0.1, 0.15) is 5.76 Å². The number of benzene rings is 1. The molecule has 9 nitrogen and oxygen atoms in total. The average molecular weight is 406 g/mol. The summed E-state index contributed by atoms with van der Waals surface area (Å²) in [4.78, 5) is 24.0. The first-order chi connectivity index (χ1) is 13.1. The minimum absolute atomic E-state index is 0.0506. The Morgan fingerprint density at radius 2 is 2.04 bits per heavy atom. The van der Waals surface area contributed by atoms with E-state index < -0.39 is 15.9 Å². The number of carbonyl (C=O) groups excluding carboxylic acids is 2. The number of sulfonamides is 1. The fourth-order valence-electron chi connectivity index (χ4n) is 2.64. The van der Waals surface area contributed by atoms with Crippen LogP contribution < -0.4 is 10.6 Å². The van der Waals surface area contributed by atoms with Crippen molar-refractivity contribution in [1.82, 2.24) is 14.8 Å². The molecule has 0 unspecified atom stereocenters. The first-order valence-electron chi connectivity index (χ1n) is 8.73. The average Bonchev–Trinajstić information content (AvgIpc) is 3.11. The monoisotopic (exact) mass is 406 g/mol. The molecule has 28 heavy (non-hydrogen) atoms. The normalized spacial score (nSPS) is 15.9. The van der Waals surface area contributed by atoms with E-state index in [4.69, 9.17) is 4.52 Å². The molecule has 10 heteroatoms. The van der Waals surface area contributed by atoms with Gasteiger partial charge in [-0.1, -0.05) is 32.0 Å². The summed E-state index contributed by atoms with van der Waals surface area (Å²) in [5.41, 5.74) is -0.104. The molecule has 0 saturated carbocycles. The van der Waals surface area contributed by atoms with E-state index in [0.29, 0.717) is 5.76 Å². The van der Waals surface area contributed by atoms with E-state index in [1.165, 1.54) is 24.3 Å². The van der Waals surface area contributed by atoms with Gasteiger partial charge in [-0.15, -0.1) is 0 Å². The van der Waals surface area contributed by atoms with E-state index >= 15 is 0 Å². The molecule has 2 heterocycles. The Hall–Kier alpha value is -2.72. The largest absolute Gasteiger partial charge is 0.359 e. The number of carbonyl (C=O) groups is 2. The summed E-state index contributed by atoms with van der Waals surface area (Å²) in [6.45, 7) is 6.05. The van der Waals surface area contributed by atoms with Gasteiger partial charge in [-0.3, -0.25) is 9.59 Å². The van der Waals surface area contributed by atoms with Crippen LogP contribution in [0.5, 0.6) is 0 Å². The minimum Gasteiger partial charge on any atom is -0.359 e. The highest BCUT2D eigenvalue weighted by Crippen LogP contribution is 2.25. The molecule has 1 aromatic carbocycles. The van der Waals surface area contributed by atoms with Crippen molar-refractivity contribution in [3.8, 4) is 0 Å². The van der Waals surface area contributed by atoms with Gasteiger partial charge >= 0.3 is 0 Å². The van der Waals surface area contributed by atoms with E-state index in [1.807, 2.05) is 20.8 Å². The Labute approximate surface area is 163 Å². The van der Waals surface area contributed by atoms with Gasteiger partial charge in [-0.2, -0.15) is 4.31 Å². The predicted octanol–water partition coefficient (Wildman–Crippen LogP) is 1.34. The van der Waals surface area contributed by atoms with Gasteiger partial charge in [0.15, 0.2) is 5.82 Å². The molecule has 0 aliphatic carbocycles. The number of anilines is 1. The molecule has 0 spiro atoms. The number of nitrogens with zero attached hydrogens (tertiary/aromatic N) is 2. The highest BCUT2D eigenvalue weighted by Gasteiger charge is 2.29. The summed E-state index contributed by atoms with van der Waals surface area (Å²) in [5.74, 6) is -0.00926. The Morgan fingerprint density at radius 3 is 2.68 bits per heavy atom. The maximum atomic E-state index is 12.8. The van der Waals surface area contributed by atoms with Crippen LogP contribution in [0.4, 0.5) is 5.82 Å². The SMILES string of the molecule is CC(C)(C)c1cc(NC(=O)c2cccc(S(=O)(=O)N3CCNC(=O)C3)c2)no1. The fourth-order valence-corrected chi connectivity index (χ4v) is 4.09. The Balaban J connectivity index is 1.80. The van der Waals surface area contributed by atoms with Crippen LogP contribution in [0.25, 0.3) is 0 Å². The number of hydrogen-bond donors (Lipinski definition) is 2. The summed E-state index contributed by atoms with van der Waals surface area (Å²) < 4.78 is 31.9. The highest BCUT2D eigenvalue weighted by atomic mass is 32.2. The molecule has 150 valence electrons. The van der Waals surface area contributed by atoms with Crippen LogP contribution in [0.15, 0.2) is 39.8 Å². The van der Waals surface area contributed by atoms with Crippen LogP contribution in [0, 0.1) is 0 Å². The molecule has 3 rings (SSSR count). The topological polar surface area (TPSA) is 122 Å². The maximum Gasteiger partial charge on any atom is 0.256 e. The van der Waals surface area contributed by atoms with Crippen LogP contribution in [0.2, 0.25) is 0 Å². The number of amides is 2. The van der Waals surface area contributed by atoms with Crippen molar-refractivity contribution >= 4 is 27.7 Å². The molecular weight excluding hydrogens is 384 g/mol. The van der Waals surface area contributed by atoms with E-state index in [-0.39, 0.29) is 47.2 Å². The minimum atomic E-state index is -3.88. The fraction of sp³-hybridized carbons (Fsp3) is 0.389. The van der Waals surface area contributed by atoms with Gasteiger partial charge < -0.3 is 15.2 Å². The van der Waals surface area contributed by atoms with Crippen molar-refractivity contribution in [2.45, 2.75) is 31.1 Å². The van der Waals surface area contributed by atoms with Crippen molar-refractivity contribution in [3.63, 3.8) is 0 Å². The van der Waals surface area contributed by atoms with Crippen molar-refractivity contribution in [3.05, 3.63) is 41.7 Å². The predicted molar refractivity (Wildman–Crippen MR) is 101 cm³/mol. The number of rotatable bonds is 4. The zero-order valence-electron chi connectivity index (χ0n) is 15.9. The van der Waals surface area contributed by atoms with Crippen LogP contribution in [0.1, 0.15) is 36.9 Å². The van der Waals surface area contributed by atoms with E-state index in [0.717, 1.165) is 4.31 Å². The molecule has 0 bridgehead atoms. The molecule has 0 atom stereocenters. The molecule has 1 fully saturated rings. The summed E-state index contributed by atoms with van der Waals surface area (Å²) >= 11 is 0. The van der Waals surface area contributed by atoms with Gasteiger partial charge in [-0.05, 0) is 18.2 Å². The summed E-state index contributed by atoms with van der Waals surface area (Å²) in [5, 5.41) is 9.00. The van der Waals surface area contributed by atoms with E-state index in [1.54, 1.807) is 6.07 Å². The standard InChI is InChI=1S/C18H22N4O5S/c1-18(2,3)14-10-15(21-27-14)20-17(24)12-5-4-6-13(9-12)28(25,26)22-8-7-19-16(23)11-22/h4-6,9-10H,7-8,11H2,1-3H3,(H,19,23)(H,20,21,24). The third kappa shape index (κ3) is 4.23. The second-order valence-corrected chi connectivity index (χ2v) is 9.43.